The molecule has 1 aromatic heterocycles. The second-order valence-corrected chi connectivity index (χ2v) is 6.69. The molecule has 0 bridgehead atoms. The van der Waals surface area contributed by atoms with E-state index in [9.17, 15) is 4.79 Å². The lowest BCUT2D eigenvalue weighted by Crippen LogP contribution is -2.36. The minimum atomic E-state index is -0.0763. The number of hydrogen-bond acceptors (Lipinski definition) is 7. The molecule has 3 rings (SSSR count). The van der Waals surface area contributed by atoms with Gasteiger partial charge in [-0.3, -0.25) is 4.79 Å². The topological polar surface area (TPSA) is 79.4 Å². The second kappa shape index (κ2) is 9.40. The predicted molar refractivity (Wildman–Crippen MR) is 104 cm³/mol. The first kappa shape index (κ1) is 18.5. The smallest absolute Gasteiger partial charge is 0.251 e. The summed E-state index contributed by atoms with van der Waals surface area (Å²) in [4.78, 5) is 15.5. The van der Waals surface area contributed by atoms with Crippen LogP contribution in [0.3, 0.4) is 0 Å². The van der Waals surface area contributed by atoms with Crippen LogP contribution in [0.5, 0.6) is 0 Å². The molecule has 0 spiro atoms. The number of nitrogens with zero attached hydrogens (tertiary/aromatic N) is 3. The van der Waals surface area contributed by atoms with Crippen LogP contribution >= 0.6 is 11.8 Å². The number of anilines is 2. The van der Waals surface area contributed by atoms with Crippen LogP contribution in [-0.4, -0.2) is 61.8 Å². The summed E-state index contributed by atoms with van der Waals surface area (Å²) in [6.07, 6.45) is 3.77. The maximum Gasteiger partial charge on any atom is 0.251 e. The van der Waals surface area contributed by atoms with Gasteiger partial charge in [0.1, 0.15) is 0 Å². The third-order valence-electron chi connectivity index (χ3n) is 4.09. The zero-order valence-corrected chi connectivity index (χ0v) is 15.6. The lowest BCUT2D eigenvalue weighted by atomic mass is 10.2. The zero-order valence-electron chi connectivity index (χ0n) is 14.8. The van der Waals surface area contributed by atoms with Crippen molar-refractivity contribution in [3.63, 3.8) is 0 Å². The van der Waals surface area contributed by atoms with Crippen LogP contribution in [0, 0.1) is 0 Å². The third-order valence-corrected chi connectivity index (χ3v) is 4.83. The van der Waals surface area contributed by atoms with Gasteiger partial charge in [0.25, 0.3) is 5.91 Å². The van der Waals surface area contributed by atoms with Crippen LogP contribution in [0.1, 0.15) is 10.4 Å². The van der Waals surface area contributed by atoms with Gasteiger partial charge >= 0.3 is 0 Å². The van der Waals surface area contributed by atoms with Gasteiger partial charge in [0.15, 0.2) is 5.82 Å². The van der Waals surface area contributed by atoms with Gasteiger partial charge in [-0.2, -0.15) is 5.10 Å². The Morgan fingerprint density at radius 2 is 2.00 bits per heavy atom. The van der Waals surface area contributed by atoms with Crippen molar-refractivity contribution in [3.8, 4) is 0 Å². The van der Waals surface area contributed by atoms with Gasteiger partial charge in [0.2, 0.25) is 0 Å². The predicted octanol–water partition coefficient (Wildman–Crippen LogP) is 1.88. The molecule has 2 heterocycles. The van der Waals surface area contributed by atoms with E-state index in [0.29, 0.717) is 24.5 Å². The Bertz CT molecular complexity index is 720. The number of morpholine rings is 1. The second-order valence-electron chi connectivity index (χ2n) is 5.81. The minimum Gasteiger partial charge on any atom is -0.378 e. The first-order chi connectivity index (χ1) is 12.8. The number of thioether (sulfide) groups is 1. The summed E-state index contributed by atoms with van der Waals surface area (Å²) in [5, 5.41) is 14.2. The van der Waals surface area contributed by atoms with E-state index in [-0.39, 0.29) is 5.91 Å². The highest BCUT2D eigenvalue weighted by molar-refractivity contribution is 7.98. The van der Waals surface area contributed by atoms with Crippen molar-refractivity contribution in [2.75, 3.05) is 55.9 Å². The Morgan fingerprint density at radius 1 is 1.23 bits per heavy atom. The van der Waals surface area contributed by atoms with Gasteiger partial charge in [-0.1, -0.05) is 0 Å². The number of rotatable bonds is 7. The monoisotopic (exact) mass is 373 g/mol. The normalized spacial score (nSPS) is 14.1. The molecule has 0 aliphatic carbocycles. The standard InChI is InChI=1S/C18H23N5O2S/c1-26-16-4-2-14(3-5-16)18(24)20-7-6-19-17-12-15(13-21-22-17)23-8-10-25-11-9-23/h2-5,12-13H,6-11H2,1H3,(H,19,22)(H,20,24). The highest BCUT2D eigenvalue weighted by atomic mass is 32.2. The van der Waals surface area contributed by atoms with E-state index in [4.69, 9.17) is 4.74 Å². The first-order valence-electron chi connectivity index (χ1n) is 8.58. The number of hydrogen-bond donors (Lipinski definition) is 2. The van der Waals surface area contributed by atoms with Crippen LogP contribution in [-0.2, 0) is 4.74 Å². The molecule has 0 atom stereocenters. The maximum absolute atomic E-state index is 12.1. The number of carbonyl (C=O) groups excluding carboxylic acids is 1. The van der Waals surface area contributed by atoms with E-state index in [1.54, 1.807) is 18.0 Å². The number of nitrogens with one attached hydrogen (secondary N) is 2. The van der Waals surface area contributed by atoms with Gasteiger partial charge in [-0.05, 0) is 30.5 Å². The molecule has 1 fully saturated rings. The summed E-state index contributed by atoms with van der Waals surface area (Å²) in [6.45, 7) is 4.26. The summed E-state index contributed by atoms with van der Waals surface area (Å²) in [5.74, 6) is 0.625. The molecule has 0 radical (unpaired) electrons. The lowest BCUT2D eigenvalue weighted by molar-refractivity contribution is 0.0955. The number of benzene rings is 1. The third kappa shape index (κ3) is 5.09. The fourth-order valence-corrected chi connectivity index (χ4v) is 3.06. The Kier molecular flexibility index (Phi) is 6.68. The largest absolute Gasteiger partial charge is 0.378 e. The number of amides is 1. The van der Waals surface area contributed by atoms with Crippen molar-refractivity contribution in [1.82, 2.24) is 15.5 Å². The van der Waals surface area contributed by atoms with Crippen LogP contribution < -0.4 is 15.5 Å². The lowest BCUT2D eigenvalue weighted by Gasteiger charge is -2.28. The zero-order chi connectivity index (χ0) is 18.2. The fraction of sp³-hybridized carbons (Fsp3) is 0.389. The quantitative estimate of drug-likeness (QED) is 0.567. The molecule has 0 unspecified atom stereocenters. The van der Waals surface area contributed by atoms with Crippen molar-refractivity contribution in [2.24, 2.45) is 0 Å². The van der Waals surface area contributed by atoms with Gasteiger partial charge in [-0.25, -0.2) is 0 Å². The van der Waals surface area contributed by atoms with Crippen molar-refractivity contribution in [2.45, 2.75) is 4.90 Å². The fourth-order valence-electron chi connectivity index (χ4n) is 2.65. The average molecular weight is 373 g/mol. The van der Waals surface area contributed by atoms with Crippen LogP contribution in [0.15, 0.2) is 41.4 Å². The molecular weight excluding hydrogens is 350 g/mol. The van der Waals surface area contributed by atoms with Gasteiger partial charge < -0.3 is 20.3 Å². The molecule has 2 N–H and O–H groups in total. The van der Waals surface area contributed by atoms with Crippen LogP contribution in [0.4, 0.5) is 11.5 Å². The van der Waals surface area contributed by atoms with Crippen molar-refractivity contribution in [3.05, 3.63) is 42.1 Å². The minimum absolute atomic E-state index is 0.0763. The first-order valence-corrected chi connectivity index (χ1v) is 9.80. The molecule has 1 saturated heterocycles. The molecule has 0 saturated carbocycles. The van der Waals surface area contributed by atoms with Gasteiger partial charge in [0, 0.05) is 42.7 Å². The van der Waals surface area contributed by atoms with Gasteiger partial charge in [0.05, 0.1) is 25.1 Å². The summed E-state index contributed by atoms with van der Waals surface area (Å²) in [7, 11) is 0. The summed E-state index contributed by atoms with van der Waals surface area (Å²) < 4.78 is 5.37. The molecule has 8 heteroatoms. The van der Waals surface area contributed by atoms with E-state index >= 15 is 0 Å². The molecule has 1 amide bonds. The molecule has 7 nitrogen and oxygen atoms in total. The molecule has 138 valence electrons. The molecule has 2 aromatic rings. The highest BCUT2D eigenvalue weighted by Crippen LogP contribution is 2.17. The summed E-state index contributed by atoms with van der Waals surface area (Å²) in [6, 6.07) is 9.55. The Labute approximate surface area is 157 Å². The van der Waals surface area contributed by atoms with Crippen molar-refractivity contribution in [1.29, 1.82) is 0 Å². The Morgan fingerprint density at radius 3 is 2.73 bits per heavy atom. The number of carbonyl (C=O) groups is 1. The Hall–Kier alpha value is -2.32. The summed E-state index contributed by atoms with van der Waals surface area (Å²) >= 11 is 1.65. The highest BCUT2D eigenvalue weighted by Gasteiger charge is 2.12. The number of aromatic nitrogens is 2. The number of ether oxygens (including phenoxy) is 1. The molecular formula is C18H23N5O2S. The summed E-state index contributed by atoms with van der Waals surface area (Å²) in [5.41, 5.74) is 1.70. The SMILES string of the molecule is CSc1ccc(C(=O)NCCNc2cc(N3CCOCC3)cnn2)cc1. The van der Waals surface area contributed by atoms with Crippen molar-refractivity contribution >= 4 is 29.2 Å². The molecule has 1 aliphatic heterocycles. The van der Waals surface area contributed by atoms with E-state index in [0.717, 1.165) is 36.9 Å². The molecule has 26 heavy (non-hydrogen) atoms. The molecule has 1 aromatic carbocycles. The van der Waals surface area contributed by atoms with Crippen molar-refractivity contribution < 1.29 is 9.53 Å². The van der Waals surface area contributed by atoms with Gasteiger partial charge in [-0.15, -0.1) is 16.9 Å². The van der Waals surface area contributed by atoms with Crippen LogP contribution in [0.25, 0.3) is 0 Å². The molecule has 1 aliphatic rings. The van der Waals surface area contributed by atoms with E-state index in [1.807, 2.05) is 36.6 Å². The van der Waals surface area contributed by atoms with E-state index in [2.05, 4.69) is 25.7 Å². The van der Waals surface area contributed by atoms with E-state index in [1.165, 1.54) is 0 Å². The maximum atomic E-state index is 12.1. The average Bonchev–Trinajstić information content (AvgIpc) is 2.72. The Balaban J connectivity index is 1.45. The van der Waals surface area contributed by atoms with E-state index < -0.39 is 0 Å². The van der Waals surface area contributed by atoms with Crippen LogP contribution in [0.2, 0.25) is 0 Å².